The molecule has 0 fully saturated rings. The molecule has 3 aromatic rings. The highest BCUT2D eigenvalue weighted by molar-refractivity contribution is 5.80. The topological polar surface area (TPSA) is 88.9 Å². The van der Waals surface area contributed by atoms with E-state index in [0.717, 1.165) is 23.6 Å². The molecule has 8 nitrogen and oxygen atoms in total. The molecule has 0 saturated carbocycles. The molecule has 0 aliphatic carbocycles. The molecule has 1 atom stereocenters. The van der Waals surface area contributed by atoms with Crippen LogP contribution in [0.4, 0.5) is 10.3 Å². The van der Waals surface area contributed by atoms with Gasteiger partial charge in [-0.15, -0.1) is 0 Å². The predicted octanol–water partition coefficient (Wildman–Crippen LogP) is 1.64. The number of hydrogen-bond acceptors (Lipinski definition) is 6. The van der Waals surface area contributed by atoms with Crippen LogP contribution in [0.25, 0.3) is 17.0 Å². The van der Waals surface area contributed by atoms with Crippen LogP contribution in [0, 0.1) is 5.82 Å². The number of aromatic nitrogens is 5. The Morgan fingerprint density at radius 3 is 3.08 bits per heavy atom. The third-order valence-corrected chi connectivity index (χ3v) is 4.24. The van der Waals surface area contributed by atoms with Gasteiger partial charge in [0.15, 0.2) is 17.3 Å². The van der Waals surface area contributed by atoms with Crippen molar-refractivity contribution in [3.8, 4) is 11.6 Å². The highest BCUT2D eigenvalue weighted by Gasteiger charge is 2.22. The van der Waals surface area contributed by atoms with Gasteiger partial charge in [-0.05, 0) is 19.8 Å². The Kier molecular flexibility index (Phi) is 3.63. The van der Waals surface area contributed by atoms with Crippen LogP contribution in [-0.2, 0) is 0 Å². The molecule has 0 spiro atoms. The van der Waals surface area contributed by atoms with E-state index in [4.69, 9.17) is 4.74 Å². The zero-order chi connectivity index (χ0) is 17.6. The molecule has 0 radical (unpaired) electrons. The molecule has 0 amide bonds. The Morgan fingerprint density at radius 1 is 1.40 bits per heavy atom. The molecule has 4 rings (SSSR count). The van der Waals surface area contributed by atoms with Crippen LogP contribution in [0.15, 0.2) is 23.3 Å². The van der Waals surface area contributed by atoms with Crippen LogP contribution in [0.5, 0.6) is 5.75 Å². The highest BCUT2D eigenvalue weighted by Crippen LogP contribution is 2.27. The monoisotopic (exact) mass is 344 g/mol. The Bertz CT molecular complexity index is 998. The van der Waals surface area contributed by atoms with Crippen molar-refractivity contribution in [1.29, 1.82) is 0 Å². The lowest BCUT2D eigenvalue weighted by Crippen LogP contribution is -2.26. The van der Waals surface area contributed by atoms with E-state index in [2.05, 4.69) is 19.9 Å². The van der Waals surface area contributed by atoms with Gasteiger partial charge in [-0.1, -0.05) is 0 Å². The second-order valence-electron chi connectivity index (χ2n) is 6.11. The molecule has 0 aromatic carbocycles. The van der Waals surface area contributed by atoms with Gasteiger partial charge < -0.3 is 9.64 Å². The smallest absolute Gasteiger partial charge is 0.333 e. The molecule has 4 heterocycles. The number of hydrogen-bond donors (Lipinski definition) is 1. The number of pyridine rings is 1. The van der Waals surface area contributed by atoms with Crippen LogP contribution in [-0.4, -0.2) is 44.2 Å². The number of ether oxygens (including phenoxy) is 1. The first-order chi connectivity index (χ1) is 12.0. The van der Waals surface area contributed by atoms with Crippen molar-refractivity contribution in [3.63, 3.8) is 0 Å². The SMILES string of the molecule is CC1CCCN(C)c2ncc(F)c(n2)-n2c(=O)[nH]c3nccc(c32)O1. The lowest BCUT2D eigenvalue weighted by molar-refractivity contribution is 0.210. The minimum absolute atomic E-state index is 0.0685. The van der Waals surface area contributed by atoms with Crippen molar-refractivity contribution >= 4 is 17.1 Å². The normalized spacial score (nSPS) is 17.7. The van der Waals surface area contributed by atoms with E-state index in [1.807, 2.05) is 18.9 Å². The van der Waals surface area contributed by atoms with Gasteiger partial charge in [-0.25, -0.2) is 23.7 Å². The highest BCUT2D eigenvalue weighted by atomic mass is 19.1. The zero-order valence-electron chi connectivity index (χ0n) is 13.9. The van der Waals surface area contributed by atoms with Gasteiger partial charge in [0.05, 0.1) is 12.3 Å². The van der Waals surface area contributed by atoms with Crippen LogP contribution in [0.3, 0.4) is 0 Å². The summed E-state index contributed by atoms with van der Waals surface area (Å²) in [6.45, 7) is 2.66. The van der Waals surface area contributed by atoms with E-state index in [-0.39, 0.29) is 11.9 Å². The minimum atomic E-state index is -0.694. The molecular weight excluding hydrogens is 327 g/mol. The molecule has 9 heteroatoms. The maximum Gasteiger partial charge on any atom is 0.333 e. The van der Waals surface area contributed by atoms with Gasteiger partial charge >= 0.3 is 5.69 Å². The first-order valence-corrected chi connectivity index (χ1v) is 8.05. The van der Waals surface area contributed by atoms with Crippen LogP contribution in [0.2, 0.25) is 0 Å². The number of halogens is 1. The summed E-state index contributed by atoms with van der Waals surface area (Å²) in [6, 6.07) is 1.67. The maximum atomic E-state index is 14.4. The fourth-order valence-electron chi connectivity index (χ4n) is 2.98. The molecule has 1 N–H and O–H groups in total. The standard InChI is InChI=1S/C16H17FN6O2/c1-9-4-3-7-22(2)15-19-8-10(17)14(21-15)23-12-11(25-9)5-6-18-13(12)20-16(23)24/h5-6,8-9H,3-4,7H2,1-2H3,(H,18,20,24). The molecule has 25 heavy (non-hydrogen) atoms. The minimum Gasteiger partial charge on any atom is -0.488 e. The third-order valence-electron chi connectivity index (χ3n) is 4.24. The number of nitrogens with one attached hydrogen (secondary N) is 1. The Balaban J connectivity index is 2.05. The summed E-state index contributed by atoms with van der Waals surface area (Å²) in [7, 11) is 1.83. The summed E-state index contributed by atoms with van der Waals surface area (Å²) < 4.78 is 21.6. The van der Waals surface area contributed by atoms with Gasteiger partial charge in [0.1, 0.15) is 11.3 Å². The van der Waals surface area contributed by atoms with Crippen molar-refractivity contribution in [3.05, 3.63) is 34.8 Å². The quantitative estimate of drug-likeness (QED) is 0.667. The number of fused-ring (bicyclic) bond motifs is 3. The number of imidazole rings is 1. The van der Waals surface area contributed by atoms with Gasteiger partial charge in [0, 0.05) is 25.9 Å². The molecule has 130 valence electrons. The Labute approximate surface area is 142 Å². The number of rotatable bonds is 0. The van der Waals surface area contributed by atoms with Crippen molar-refractivity contribution in [2.45, 2.75) is 25.9 Å². The molecular formula is C16H17FN6O2. The summed E-state index contributed by atoms with van der Waals surface area (Å²) in [5.41, 5.74) is 0.153. The largest absolute Gasteiger partial charge is 0.488 e. The van der Waals surface area contributed by atoms with E-state index in [1.54, 1.807) is 12.3 Å². The molecule has 2 bridgehead atoms. The number of aromatic amines is 1. The average molecular weight is 344 g/mol. The molecule has 3 aromatic heterocycles. The summed E-state index contributed by atoms with van der Waals surface area (Å²) in [4.78, 5) is 29.4. The second-order valence-corrected chi connectivity index (χ2v) is 6.11. The lowest BCUT2D eigenvalue weighted by Gasteiger charge is -2.21. The molecule has 1 aliphatic heterocycles. The van der Waals surface area contributed by atoms with Crippen LogP contribution >= 0.6 is 0 Å². The number of H-pyrrole nitrogens is 1. The van der Waals surface area contributed by atoms with Crippen LogP contribution in [0.1, 0.15) is 19.8 Å². The zero-order valence-corrected chi connectivity index (χ0v) is 13.9. The van der Waals surface area contributed by atoms with Crippen molar-refractivity contribution in [2.75, 3.05) is 18.5 Å². The summed E-state index contributed by atoms with van der Waals surface area (Å²) in [5.74, 6) is 0.000753. The van der Waals surface area contributed by atoms with Gasteiger partial charge in [0.2, 0.25) is 5.95 Å². The number of nitrogens with zero attached hydrogens (tertiary/aromatic N) is 5. The Hall–Kier alpha value is -2.97. The fourth-order valence-corrected chi connectivity index (χ4v) is 2.98. The van der Waals surface area contributed by atoms with Crippen molar-refractivity contribution in [2.24, 2.45) is 0 Å². The average Bonchev–Trinajstić information content (AvgIpc) is 2.91. The Morgan fingerprint density at radius 2 is 2.24 bits per heavy atom. The lowest BCUT2D eigenvalue weighted by atomic mass is 10.2. The van der Waals surface area contributed by atoms with Crippen LogP contribution < -0.4 is 15.3 Å². The van der Waals surface area contributed by atoms with E-state index >= 15 is 0 Å². The molecule has 1 unspecified atom stereocenters. The summed E-state index contributed by atoms with van der Waals surface area (Å²) >= 11 is 0. The first kappa shape index (κ1) is 15.6. The summed E-state index contributed by atoms with van der Waals surface area (Å²) in [6.07, 6.45) is 4.23. The van der Waals surface area contributed by atoms with E-state index in [1.165, 1.54) is 0 Å². The molecule has 0 saturated heterocycles. The number of anilines is 1. The summed E-state index contributed by atoms with van der Waals surface area (Å²) in [5, 5.41) is 0. The van der Waals surface area contributed by atoms with Gasteiger partial charge in [-0.2, -0.15) is 4.98 Å². The third kappa shape index (κ3) is 2.61. The second kappa shape index (κ2) is 5.83. The van der Waals surface area contributed by atoms with E-state index in [0.29, 0.717) is 29.4 Å². The van der Waals surface area contributed by atoms with Crippen molar-refractivity contribution in [1.82, 2.24) is 24.5 Å². The molecule has 1 aliphatic rings. The van der Waals surface area contributed by atoms with E-state index < -0.39 is 11.5 Å². The first-order valence-electron chi connectivity index (χ1n) is 8.05. The van der Waals surface area contributed by atoms with Gasteiger partial charge in [-0.3, -0.25) is 4.98 Å². The van der Waals surface area contributed by atoms with E-state index in [9.17, 15) is 9.18 Å². The maximum absolute atomic E-state index is 14.4. The van der Waals surface area contributed by atoms with Gasteiger partial charge in [0.25, 0.3) is 0 Å². The fraction of sp³-hybridized carbons (Fsp3) is 0.375. The van der Waals surface area contributed by atoms with Crippen molar-refractivity contribution < 1.29 is 9.13 Å². The predicted molar refractivity (Wildman–Crippen MR) is 89.8 cm³/mol.